The van der Waals surface area contributed by atoms with Gasteiger partial charge in [-0.1, -0.05) is 0 Å². The smallest absolute Gasteiger partial charge is 0.169 e. The van der Waals surface area contributed by atoms with E-state index in [0.29, 0.717) is 6.54 Å². The Kier molecular flexibility index (Phi) is 4.24. The van der Waals surface area contributed by atoms with Crippen LogP contribution in [-0.4, -0.2) is 22.2 Å². The lowest BCUT2D eigenvalue weighted by atomic mass is 10.1. The van der Waals surface area contributed by atoms with Gasteiger partial charge >= 0.3 is 0 Å². The first-order chi connectivity index (χ1) is 9.78. The van der Waals surface area contributed by atoms with Crippen molar-refractivity contribution in [3.63, 3.8) is 0 Å². The number of imidazole rings is 1. The van der Waals surface area contributed by atoms with Crippen LogP contribution in [0, 0.1) is 0 Å². The molecule has 1 aliphatic heterocycles. The van der Waals surface area contributed by atoms with Crippen molar-refractivity contribution in [3.8, 4) is 0 Å². The monoisotopic (exact) mass is 339 g/mol. The minimum absolute atomic E-state index is 0.0170. The summed E-state index contributed by atoms with van der Waals surface area (Å²) in [7, 11) is 0. The number of hydrogen-bond donors (Lipinski definition) is 1. The first kappa shape index (κ1) is 13.9. The van der Waals surface area contributed by atoms with E-state index in [1.54, 1.807) is 0 Å². The zero-order valence-corrected chi connectivity index (χ0v) is 13.0. The van der Waals surface area contributed by atoms with Crippen molar-refractivity contribution >= 4 is 15.9 Å². The van der Waals surface area contributed by atoms with Crippen LogP contribution in [0.1, 0.15) is 31.0 Å². The fourth-order valence-corrected chi connectivity index (χ4v) is 2.92. The summed E-state index contributed by atoms with van der Waals surface area (Å²) in [6, 6.07) is 4.14. The van der Waals surface area contributed by atoms with E-state index in [0.717, 1.165) is 35.8 Å². The highest BCUT2D eigenvalue weighted by Crippen LogP contribution is 2.28. The van der Waals surface area contributed by atoms with Crippen LogP contribution in [-0.2, 0) is 17.8 Å². The summed E-state index contributed by atoms with van der Waals surface area (Å²) in [4.78, 5) is 4.45. The highest BCUT2D eigenvalue weighted by atomic mass is 79.9. The molecule has 0 radical (unpaired) electrons. The summed E-state index contributed by atoms with van der Waals surface area (Å²) in [5, 5.41) is 3.51. The van der Waals surface area contributed by atoms with Crippen molar-refractivity contribution in [1.82, 2.24) is 14.9 Å². The highest BCUT2D eigenvalue weighted by molar-refractivity contribution is 9.10. The Balaban J connectivity index is 1.66. The van der Waals surface area contributed by atoms with E-state index in [-0.39, 0.29) is 12.1 Å². The summed E-state index contributed by atoms with van der Waals surface area (Å²) >= 11 is 3.32. The van der Waals surface area contributed by atoms with E-state index in [2.05, 4.69) is 37.7 Å². The van der Waals surface area contributed by atoms with Gasteiger partial charge in [-0.2, -0.15) is 0 Å². The topological polar surface area (TPSA) is 52.2 Å². The largest absolute Gasteiger partial charge is 0.453 e. The molecule has 1 aliphatic rings. The van der Waals surface area contributed by atoms with Crippen molar-refractivity contribution in [1.29, 1.82) is 0 Å². The average molecular weight is 340 g/mol. The van der Waals surface area contributed by atoms with Crippen LogP contribution in [0.25, 0.3) is 0 Å². The Morgan fingerprint density at radius 1 is 1.50 bits per heavy atom. The zero-order chi connectivity index (χ0) is 13.9. The second-order valence-electron chi connectivity index (χ2n) is 4.84. The molecule has 0 bridgehead atoms. The third-order valence-electron chi connectivity index (χ3n) is 3.60. The van der Waals surface area contributed by atoms with Gasteiger partial charge in [0, 0.05) is 31.6 Å². The molecule has 1 fully saturated rings. The molecule has 3 rings (SSSR count). The van der Waals surface area contributed by atoms with E-state index < -0.39 is 0 Å². The van der Waals surface area contributed by atoms with E-state index in [1.165, 1.54) is 0 Å². The van der Waals surface area contributed by atoms with Crippen LogP contribution < -0.4 is 5.32 Å². The number of nitrogens with one attached hydrogen (secondary N) is 1. The number of nitrogens with zero attached hydrogens (tertiary/aromatic N) is 2. The van der Waals surface area contributed by atoms with Crippen LogP contribution in [0.5, 0.6) is 0 Å². The number of aromatic nitrogens is 2. The van der Waals surface area contributed by atoms with Gasteiger partial charge in [0.25, 0.3) is 0 Å². The Morgan fingerprint density at radius 2 is 2.40 bits per heavy atom. The van der Waals surface area contributed by atoms with E-state index in [4.69, 9.17) is 9.15 Å². The molecule has 0 saturated carbocycles. The van der Waals surface area contributed by atoms with E-state index >= 15 is 0 Å². The number of hydrogen-bond acceptors (Lipinski definition) is 4. The normalized spacial score (nSPS) is 22.5. The Hall–Kier alpha value is -1.11. The second kappa shape index (κ2) is 6.11. The van der Waals surface area contributed by atoms with Crippen molar-refractivity contribution in [2.24, 2.45) is 0 Å². The maximum Gasteiger partial charge on any atom is 0.169 e. The number of aryl methyl sites for hydroxylation is 1. The zero-order valence-electron chi connectivity index (χ0n) is 11.4. The van der Waals surface area contributed by atoms with Crippen molar-refractivity contribution in [2.45, 2.75) is 38.6 Å². The van der Waals surface area contributed by atoms with Gasteiger partial charge in [-0.05, 0) is 41.4 Å². The molecule has 2 aromatic heterocycles. The van der Waals surface area contributed by atoms with Crippen LogP contribution in [0.3, 0.4) is 0 Å². The first-order valence-electron chi connectivity index (χ1n) is 6.88. The van der Waals surface area contributed by atoms with Crippen molar-refractivity contribution < 1.29 is 9.15 Å². The third-order valence-corrected chi connectivity index (χ3v) is 4.03. The lowest BCUT2D eigenvalue weighted by Gasteiger charge is -2.19. The first-order valence-corrected chi connectivity index (χ1v) is 7.67. The van der Waals surface area contributed by atoms with Crippen LogP contribution in [0.15, 0.2) is 33.6 Å². The van der Waals surface area contributed by atoms with Gasteiger partial charge in [-0.15, -0.1) is 0 Å². The van der Waals surface area contributed by atoms with E-state index in [9.17, 15) is 0 Å². The standard InChI is InChI=1S/C14H18BrN3O2/c1-2-18-7-6-16-14(18)13-11(5-8-19-13)17-9-10-3-4-12(15)20-10/h3-4,6-7,11,13,17H,2,5,8-9H2,1H3/t11-,13-/m0/s1. The van der Waals surface area contributed by atoms with Crippen LogP contribution in [0.2, 0.25) is 0 Å². The highest BCUT2D eigenvalue weighted by Gasteiger charge is 2.32. The molecule has 1 saturated heterocycles. The van der Waals surface area contributed by atoms with Gasteiger partial charge in [0.15, 0.2) is 4.67 Å². The van der Waals surface area contributed by atoms with Crippen LogP contribution in [0.4, 0.5) is 0 Å². The van der Waals surface area contributed by atoms with E-state index in [1.807, 2.05) is 24.5 Å². The summed E-state index contributed by atoms with van der Waals surface area (Å²) in [6.07, 6.45) is 4.84. The molecule has 1 N–H and O–H groups in total. The fraction of sp³-hybridized carbons (Fsp3) is 0.500. The molecular formula is C14H18BrN3O2. The Bertz CT molecular complexity index is 566. The van der Waals surface area contributed by atoms with Crippen molar-refractivity contribution in [2.75, 3.05) is 6.61 Å². The molecule has 2 atom stereocenters. The van der Waals surface area contributed by atoms with Gasteiger partial charge in [-0.3, -0.25) is 0 Å². The molecule has 0 amide bonds. The minimum atomic E-state index is 0.0170. The molecular weight excluding hydrogens is 322 g/mol. The van der Waals surface area contributed by atoms with Crippen molar-refractivity contribution in [3.05, 3.63) is 40.8 Å². The number of rotatable bonds is 5. The Morgan fingerprint density at radius 3 is 3.15 bits per heavy atom. The van der Waals surface area contributed by atoms with Crippen LogP contribution >= 0.6 is 15.9 Å². The lowest BCUT2D eigenvalue weighted by Crippen LogP contribution is -2.32. The maximum atomic E-state index is 5.86. The summed E-state index contributed by atoms with van der Waals surface area (Å²) in [6.45, 7) is 4.49. The maximum absolute atomic E-state index is 5.86. The predicted octanol–water partition coefficient (Wildman–Crippen LogP) is 2.88. The second-order valence-corrected chi connectivity index (χ2v) is 5.63. The predicted molar refractivity (Wildman–Crippen MR) is 78.2 cm³/mol. The molecule has 0 spiro atoms. The lowest BCUT2D eigenvalue weighted by molar-refractivity contribution is 0.0882. The summed E-state index contributed by atoms with van der Waals surface area (Å²) < 4.78 is 14.3. The molecule has 2 aromatic rings. The number of ether oxygens (including phenoxy) is 1. The molecule has 0 aliphatic carbocycles. The molecule has 6 heteroatoms. The molecule has 5 nitrogen and oxygen atoms in total. The summed E-state index contributed by atoms with van der Waals surface area (Å²) in [5.74, 6) is 1.92. The SMILES string of the molecule is CCn1ccnc1[C@H]1OCC[C@@H]1NCc1ccc(Br)o1. The minimum Gasteiger partial charge on any atom is -0.453 e. The average Bonchev–Trinajstić information content (AvgIpc) is 3.15. The van der Waals surface area contributed by atoms with Gasteiger partial charge in [0.1, 0.15) is 17.7 Å². The Labute approximate surface area is 126 Å². The fourth-order valence-electron chi connectivity index (χ4n) is 2.58. The van der Waals surface area contributed by atoms with Gasteiger partial charge in [0.05, 0.1) is 6.54 Å². The molecule has 3 heterocycles. The quantitative estimate of drug-likeness (QED) is 0.909. The van der Waals surface area contributed by atoms with Gasteiger partial charge in [-0.25, -0.2) is 4.98 Å². The molecule has 108 valence electrons. The number of halogens is 1. The van der Waals surface area contributed by atoms with Gasteiger partial charge < -0.3 is 19.0 Å². The molecule has 0 unspecified atom stereocenters. The third kappa shape index (κ3) is 2.82. The number of furan rings is 1. The summed E-state index contributed by atoms with van der Waals surface area (Å²) in [5.41, 5.74) is 0. The van der Waals surface area contributed by atoms with Gasteiger partial charge in [0.2, 0.25) is 0 Å². The molecule has 0 aromatic carbocycles. The molecule has 20 heavy (non-hydrogen) atoms.